The minimum Gasteiger partial charge on any atom is -0.148 e. The molecule has 38 valence electrons. The van der Waals surface area contributed by atoms with Crippen LogP contribution in [0.1, 0.15) is 0 Å². The fourth-order valence-corrected chi connectivity index (χ4v) is 0.454. The standard InChI is InChI=1S/C3H4ClN3/c4-3-7-2-1-5-6-7/h1-2H,3H2/p+1. The molecule has 4 heteroatoms. The van der Waals surface area contributed by atoms with Crippen molar-refractivity contribution in [3.63, 3.8) is 0 Å². The van der Waals surface area contributed by atoms with Crippen LogP contribution >= 0.6 is 11.6 Å². The molecule has 3 nitrogen and oxygen atoms in total. The van der Waals surface area contributed by atoms with Crippen LogP contribution in [0.2, 0.25) is 0 Å². The first-order chi connectivity index (χ1) is 3.43. The van der Waals surface area contributed by atoms with Gasteiger partial charge in [-0.05, 0) is 0 Å². The molecule has 0 aliphatic rings. The Morgan fingerprint density at radius 2 is 2.71 bits per heavy atom. The predicted octanol–water partition coefficient (Wildman–Crippen LogP) is -0.106. The van der Waals surface area contributed by atoms with Crippen molar-refractivity contribution in [2.24, 2.45) is 0 Å². The van der Waals surface area contributed by atoms with E-state index in [2.05, 4.69) is 10.3 Å². The second kappa shape index (κ2) is 1.93. The third kappa shape index (κ3) is 0.899. The van der Waals surface area contributed by atoms with Crippen molar-refractivity contribution in [3.05, 3.63) is 12.4 Å². The van der Waals surface area contributed by atoms with E-state index in [9.17, 15) is 0 Å². The Labute approximate surface area is 45.9 Å². The van der Waals surface area contributed by atoms with Crippen molar-refractivity contribution in [2.45, 2.75) is 6.00 Å². The number of nitrogens with zero attached hydrogens (tertiary/aromatic N) is 2. The van der Waals surface area contributed by atoms with Gasteiger partial charge >= 0.3 is 0 Å². The molecule has 0 spiro atoms. The van der Waals surface area contributed by atoms with Crippen LogP contribution in [0.15, 0.2) is 12.4 Å². The maximum Gasteiger partial charge on any atom is 0.206 e. The highest BCUT2D eigenvalue weighted by atomic mass is 35.5. The summed E-state index contributed by atoms with van der Waals surface area (Å²) in [7, 11) is 0. The van der Waals surface area contributed by atoms with Crippen LogP contribution in [0, 0.1) is 0 Å². The Morgan fingerprint density at radius 3 is 3.00 bits per heavy atom. The van der Waals surface area contributed by atoms with Crippen molar-refractivity contribution in [2.75, 3.05) is 0 Å². The van der Waals surface area contributed by atoms with Crippen LogP contribution in [0.4, 0.5) is 0 Å². The van der Waals surface area contributed by atoms with Crippen LogP contribution in [0.5, 0.6) is 0 Å². The monoisotopic (exact) mass is 118 g/mol. The van der Waals surface area contributed by atoms with Crippen molar-refractivity contribution in [1.82, 2.24) is 10.3 Å². The topological polar surface area (TPSA) is 32.6 Å². The maximum absolute atomic E-state index is 5.36. The highest BCUT2D eigenvalue weighted by Gasteiger charge is 1.89. The van der Waals surface area contributed by atoms with Gasteiger partial charge in [0.15, 0.2) is 12.2 Å². The van der Waals surface area contributed by atoms with Gasteiger partial charge in [-0.1, -0.05) is 16.8 Å². The van der Waals surface area contributed by atoms with E-state index in [0.29, 0.717) is 6.00 Å². The van der Waals surface area contributed by atoms with E-state index < -0.39 is 0 Å². The quantitative estimate of drug-likeness (QED) is 0.405. The van der Waals surface area contributed by atoms with Crippen LogP contribution in [0.3, 0.4) is 0 Å². The number of hydrogen-bond acceptors (Lipinski definition) is 1. The number of alkyl halides is 1. The zero-order valence-corrected chi connectivity index (χ0v) is 4.39. The van der Waals surface area contributed by atoms with E-state index in [1.165, 1.54) is 0 Å². The highest BCUT2D eigenvalue weighted by molar-refractivity contribution is 6.14. The second-order valence-corrected chi connectivity index (χ2v) is 1.36. The van der Waals surface area contributed by atoms with Crippen LogP contribution in [-0.4, -0.2) is 10.3 Å². The molecule has 0 fully saturated rings. The molecule has 0 aliphatic carbocycles. The summed E-state index contributed by atoms with van der Waals surface area (Å²) in [5.74, 6) is 0. The van der Waals surface area contributed by atoms with Gasteiger partial charge in [0.25, 0.3) is 0 Å². The van der Waals surface area contributed by atoms with E-state index in [0.717, 1.165) is 0 Å². The summed E-state index contributed by atoms with van der Waals surface area (Å²) in [5.41, 5.74) is 0. The molecule has 0 saturated heterocycles. The summed E-state index contributed by atoms with van der Waals surface area (Å²) in [5, 5.41) is 6.27. The zero-order chi connectivity index (χ0) is 5.11. The van der Waals surface area contributed by atoms with Gasteiger partial charge in [-0.3, -0.25) is 0 Å². The molecule has 0 aliphatic heterocycles. The summed E-state index contributed by atoms with van der Waals surface area (Å²) in [6.07, 6.45) is 3.40. The molecule has 0 bridgehead atoms. The molecule has 0 saturated carbocycles. The van der Waals surface area contributed by atoms with Crippen molar-refractivity contribution >= 4 is 11.6 Å². The summed E-state index contributed by atoms with van der Waals surface area (Å²) in [6, 6.07) is 0.431. The average Bonchev–Trinajstić information content (AvgIpc) is 2.14. The molecule has 1 aromatic heterocycles. The summed E-state index contributed by atoms with van der Waals surface area (Å²) in [6.45, 7) is 0. The Kier molecular flexibility index (Phi) is 1.26. The van der Waals surface area contributed by atoms with Crippen LogP contribution in [0.25, 0.3) is 0 Å². The maximum atomic E-state index is 5.36. The Balaban J connectivity index is 2.76. The third-order valence-electron chi connectivity index (χ3n) is 0.636. The molecule has 0 unspecified atom stereocenters. The van der Waals surface area contributed by atoms with Gasteiger partial charge in [-0.15, -0.1) is 4.68 Å². The van der Waals surface area contributed by atoms with Gasteiger partial charge in [0, 0.05) is 5.10 Å². The number of H-pyrrole nitrogens is 1. The first-order valence-corrected chi connectivity index (χ1v) is 2.41. The smallest absolute Gasteiger partial charge is 0.148 e. The molecule has 0 radical (unpaired) electrons. The molecule has 1 N–H and O–H groups in total. The average molecular weight is 119 g/mol. The molecule has 1 aromatic rings. The summed E-state index contributed by atoms with van der Waals surface area (Å²) < 4.78 is 1.65. The van der Waals surface area contributed by atoms with Crippen molar-refractivity contribution < 1.29 is 4.68 Å². The lowest BCUT2D eigenvalue weighted by molar-refractivity contribution is -0.736. The Bertz CT molecular complexity index is 125. The first kappa shape index (κ1) is 4.59. The highest BCUT2D eigenvalue weighted by Crippen LogP contribution is 1.68. The molecular formula is C3H5ClN3+. The molecule has 0 aromatic carbocycles. The lowest BCUT2D eigenvalue weighted by Gasteiger charge is -1.75. The van der Waals surface area contributed by atoms with Gasteiger partial charge in [0.05, 0.1) is 0 Å². The number of nitrogens with one attached hydrogen (secondary N) is 1. The molecule has 0 amide bonds. The summed E-state index contributed by atoms with van der Waals surface area (Å²) >= 11 is 5.36. The second-order valence-electron chi connectivity index (χ2n) is 1.12. The van der Waals surface area contributed by atoms with E-state index >= 15 is 0 Å². The van der Waals surface area contributed by atoms with Gasteiger partial charge in [-0.2, -0.15) is 0 Å². The van der Waals surface area contributed by atoms with Gasteiger partial charge < -0.3 is 0 Å². The van der Waals surface area contributed by atoms with E-state index in [4.69, 9.17) is 11.6 Å². The molecular weight excluding hydrogens is 114 g/mol. The van der Waals surface area contributed by atoms with Crippen molar-refractivity contribution in [3.8, 4) is 0 Å². The zero-order valence-electron chi connectivity index (χ0n) is 3.63. The van der Waals surface area contributed by atoms with E-state index in [-0.39, 0.29) is 0 Å². The van der Waals surface area contributed by atoms with Crippen molar-refractivity contribution in [1.29, 1.82) is 0 Å². The molecule has 0 atom stereocenters. The normalized spacial score (nSPS) is 9.29. The fraction of sp³-hybridized carbons (Fsp3) is 0.333. The minimum absolute atomic E-state index is 0.431. The fourth-order valence-electron chi connectivity index (χ4n) is 0.321. The van der Waals surface area contributed by atoms with Gasteiger partial charge in [0.1, 0.15) is 0 Å². The summed E-state index contributed by atoms with van der Waals surface area (Å²) in [4.78, 5) is 0. The Morgan fingerprint density at radius 1 is 1.86 bits per heavy atom. The van der Waals surface area contributed by atoms with Gasteiger partial charge in [0.2, 0.25) is 6.20 Å². The lowest BCUT2D eigenvalue weighted by atomic mass is 10.9. The lowest BCUT2D eigenvalue weighted by Crippen LogP contribution is -2.31. The number of aromatic nitrogens is 3. The van der Waals surface area contributed by atoms with E-state index in [1.807, 2.05) is 0 Å². The van der Waals surface area contributed by atoms with Crippen LogP contribution < -0.4 is 4.68 Å². The Hall–Kier alpha value is -0.570. The number of rotatable bonds is 1. The molecule has 7 heavy (non-hydrogen) atoms. The van der Waals surface area contributed by atoms with Gasteiger partial charge in [-0.25, -0.2) is 0 Å². The molecule has 1 heterocycles. The SMILES string of the molecule is ClC[n+]1ccn[nH]1. The largest absolute Gasteiger partial charge is 0.206 e. The first-order valence-electron chi connectivity index (χ1n) is 1.88. The predicted molar refractivity (Wildman–Crippen MR) is 24.6 cm³/mol. The van der Waals surface area contributed by atoms with E-state index in [1.54, 1.807) is 17.1 Å². The number of hydrogen-bond donors (Lipinski definition) is 1. The number of aromatic amines is 1. The minimum atomic E-state index is 0.431. The van der Waals surface area contributed by atoms with Crippen LogP contribution in [-0.2, 0) is 6.00 Å². The molecule has 1 rings (SSSR count). The number of halogens is 1. The third-order valence-corrected chi connectivity index (χ3v) is 0.894.